The van der Waals surface area contributed by atoms with Crippen LogP contribution < -0.4 is 5.32 Å². The van der Waals surface area contributed by atoms with Gasteiger partial charge in [-0.1, -0.05) is 42.1 Å². The Labute approximate surface area is 229 Å². The lowest BCUT2D eigenvalue weighted by molar-refractivity contribution is -0.120. The van der Waals surface area contributed by atoms with Crippen molar-refractivity contribution >= 4 is 54.8 Å². The zero-order chi connectivity index (χ0) is 26.6. The molecule has 1 N–H and O–H groups in total. The summed E-state index contributed by atoms with van der Waals surface area (Å²) < 4.78 is 55.0. The van der Waals surface area contributed by atoms with E-state index in [4.69, 9.17) is 23.2 Å². The highest BCUT2D eigenvalue weighted by Crippen LogP contribution is 2.29. The second kappa shape index (κ2) is 12.0. The molecule has 0 radical (unpaired) electrons. The van der Waals surface area contributed by atoms with Crippen molar-refractivity contribution in [3.63, 3.8) is 0 Å². The molecule has 2 saturated heterocycles. The smallest absolute Gasteiger partial charge is 0.243 e. The molecule has 2 aromatic rings. The maximum atomic E-state index is 13.1. The predicted octanol–water partition coefficient (Wildman–Crippen LogP) is 4.74. The van der Waals surface area contributed by atoms with Crippen molar-refractivity contribution in [2.45, 2.75) is 49.2 Å². The average Bonchev–Trinajstić information content (AvgIpc) is 3.17. The van der Waals surface area contributed by atoms with Crippen LogP contribution in [0.2, 0.25) is 10.0 Å². The molecule has 8 nitrogen and oxygen atoms in total. The summed E-state index contributed by atoms with van der Waals surface area (Å²) in [6.45, 7) is 1.41. The van der Waals surface area contributed by atoms with Gasteiger partial charge in [-0.05, 0) is 62.1 Å². The lowest BCUT2D eigenvalue weighted by Crippen LogP contribution is -2.44. The Morgan fingerprint density at radius 3 is 2.05 bits per heavy atom. The molecule has 2 aromatic carbocycles. The molecular formula is C25H31Cl2N3O5S2. The van der Waals surface area contributed by atoms with E-state index in [9.17, 15) is 21.6 Å². The molecule has 202 valence electrons. The van der Waals surface area contributed by atoms with Crippen molar-refractivity contribution in [2.24, 2.45) is 5.92 Å². The zero-order valence-electron chi connectivity index (χ0n) is 20.4. The molecule has 4 rings (SSSR count). The summed E-state index contributed by atoms with van der Waals surface area (Å²) in [5.41, 5.74) is 0.801. The first-order valence-corrected chi connectivity index (χ1v) is 16.2. The van der Waals surface area contributed by atoms with Gasteiger partial charge in [0.1, 0.15) is 0 Å². The number of carbonyl (C=O) groups excluding carboxylic acids is 1. The van der Waals surface area contributed by atoms with Crippen molar-refractivity contribution in [1.82, 2.24) is 8.61 Å². The summed E-state index contributed by atoms with van der Waals surface area (Å²) in [6.07, 6.45) is 4.86. The number of rotatable bonds is 7. The zero-order valence-corrected chi connectivity index (χ0v) is 23.5. The first-order chi connectivity index (χ1) is 17.6. The summed E-state index contributed by atoms with van der Waals surface area (Å²) in [5.74, 6) is -1.18. The van der Waals surface area contributed by atoms with Gasteiger partial charge in [0.2, 0.25) is 26.0 Å². The average molecular weight is 589 g/mol. The third-order valence-corrected chi connectivity index (χ3v) is 11.3. The highest BCUT2D eigenvalue weighted by Gasteiger charge is 2.33. The molecule has 2 aliphatic heterocycles. The standard InChI is InChI=1S/C25H31Cl2N3O5S2/c26-23-8-5-9-24(27)22(23)18-36(32,33)30-16-6-7-19(17-30)25(31)28-20-10-12-21(13-11-20)37(34,35)29-14-3-1-2-4-15-29/h5,8-13,19H,1-4,6-7,14-18H2,(H,28,31)/t19-/m0/s1. The van der Waals surface area contributed by atoms with Gasteiger partial charge >= 0.3 is 0 Å². The number of carbonyl (C=O) groups is 1. The molecule has 37 heavy (non-hydrogen) atoms. The van der Waals surface area contributed by atoms with Crippen LogP contribution in [0.5, 0.6) is 0 Å². The monoisotopic (exact) mass is 587 g/mol. The molecule has 0 aliphatic carbocycles. The molecule has 0 spiro atoms. The Morgan fingerprint density at radius 2 is 1.43 bits per heavy atom. The van der Waals surface area contributed by atoms with Crippen LogP contribution in [0, 0.1) is 5.92 Å². The van der Waals surface area contributed by atoms with E-state index in [1.54, 1.807) is 30.3 Å². The van der Waals surface area contributed by atoms with E-state index in [1.165, 1.54) is 20.7 Å². The van der Waals surface area contributed by atoms with Crippen molar-refractivity contribution in [1.29, 1.82) is 0 Å². The third-order valence-electron chi connectivity index (χ3n) is 6.86. The Morgan fingerprint density at radius 1 is 0.838 bits per heavy atom. The predicted molar refractivity (Wildman–Crippen MR) is 146 cm³/mol. The molecule has 2 heterocycles. The van der Waals surface area contributed by atoms with Crippen LogP contribution in [0.4, 0.5) is 5.69 Å². The number of hydrogen-bond donors (Lipinski definition) is 1. The lowest BCUT2D eigenvalue weighted by Gasteiger charge is -2.31. The van der Waals surface area contributed by atoms with Crippen molar-refractivity contribution < 1.29 is 21.6 Å². The number of nitrogens with one attached hydrogen (secondary N) is 1. The Hall–Kier alpha value is -1.69. The second-order valence-corrected chi connectivity index (χ2v) is 14.2. The summed E-state index contributed by atoms with van der Waals surface area (Å²) >= 11 is 12.3. The molecule has 12 heteroatoms. The normalized spacial score (nSPS) is 20.3. The third kappa shape index (κ3) is 6.85. The number of halogens is 2. The van der Waals surface area contributed by atoms with Gasteiger partial charge in [-0.2, -0.15) is 4.31 Å². The van der Waals surface area contributed by atoms with Gasteiger partial charge in [0, 0.05) is 47.5 Å². The van der Waals surface area contributed by atoms with Crippen molar-refractivity contribution in [3.8, 4) is 0 Å². The molecule has 0 unspecified atom stereocenters. The summed E-state index contributed by atoms with van der Waals surface area (Å²) in [5, 5.41) is 3.37. The second-order valence-electron chi connectivity index (χ2n) is 9.49. The van der Waals surface area contributed by atoms with E-state index in [-0.39, 0.29) is 33.1 Å². The molecule has 1 amide bonds. The minimum atomic E-state index is -3.74. The van der Waals surface area contributed by atoms with E-state index < -0.39 is 26.0 Å². The van der Waals surface area contributed by atoms with Gasteiger partial charge < -0.3 is 5.32 Å². The van der Waals surface area contributed by atoms with Crippen molar-refractivity contribution in [2.75, 3.05) is 31.5 Å². The Bertz CT molecular complexity index is 1310. The van der Waals surface area contributed by atoms with Gasteiger partial charge in [-0.25, -0.2) is 21.1 Å². The fourth-order valence-corrected chi connectivity index (χ4v) is 8.62. The number of piperidine rings is 1. The number of hydrogen-bond acceptors (Lipinski definition) is 5. The number of benzene rings is 2. The van der Waals surface area contributed by atoms with Crippen LogP contribution >= 0.6 is 23.2 Å². The fraction of sp³-hybridized carbons (Fsp3) is 0.480. The minimum Gasteiger partial charge on any atom is -0.326 e. The summed E-state index contributed by atoms with van der Waals surface area (Å²) in [6, 6.07) is 11.0. The van der Waals surface area contributed by atoms with Crippen LogP contribution in [-0.2, 0) is 30.6 Å². The van der Waals surface area contributed by atoms with E-state index >= 15 is 0 Å². The van der Waals surface area contributed by atoms with E-state index in [1.807, 2.05) is 0 Å². The maximum Gasteiger partial charge on any atom is 0.243 e. The summed E-state index contributed by atoms with van der Waals surface area (Å²) in [4.78, 5) is 13.2. The van der Waals surface area contributed by atoms with Gasteiger partial charge in [0.15, 0.2) is 0 Å². The van der Waals surface area contributed by atoms with Gasteiger partial charge in [-0.3, -0.25) is 4.79 Å². The first kappa shape index (κ1) is 28.3. The van der Waals surface area contributed by atoms with Crippen LogP contribution in [0.15, 0.2) is 47.4 Å². The fourth-order valence-electron chi connectivity index (χ4n) is 4.74. The van der Waals surface area contributed by atoms with E-state index in [0.717, 1.165) is 25.7 Å². The number of sulfonamides is 2. The van der Waals surface area contributed by atoms with E-state index in [2.05, 4.69) is 5.32 Å². The minimum absolute atomic E-state index is 0.0532. The highest BCUT2D eigenvalue weighted by atomic mass is 35.5. The largest absolute Gasteiger partial charge is 0.326 e. The topological polar surface area (TPSA) is 104 Å². The highest BCUT2D eigenvalue weighted by molar-refractivity contribution is 7.89. The van der Waals surface area contributed by atoms with Gasteiger partial charge in [-0.15, -0.1) is 0 Å². The first-order valence-electron chi connectivity index (χ1n) is 12.4. The van der Waals surface area contributed by atoms with Crippen LogP contribution in [0.1, 0.15) is 44.1 Å². The molecule has 2 aliphatic rings. The number of anilines is 1. The van der Waals surface area contributed by atoms with Crippen LogP contribution in [0.25, 0.3) is 0 Å². The summed E-state index contributed by atoms with van der Waals surface area (Å²) in [7, 11) is -7.32. The quantitative estimate of drug-likeness (QED) is 0.504. The molecular weight excluding hydrogens is 557 g/mol. The lowest BCUT2D eigenvalue weighted by atomic mass is 9.99. The molecule has 2 fully saturated rings. The number of nitrogens with zero attached hydrogens (tertiary/aromatic N) is 2. The molecule has 1 atom stereocenters. The number of amides is 1. The van der Waals surface area contributed by atoms with Crippen LogP contribution in [-0.4, -0.2) is 57.5 Å². The van der Waals surface area contributed by atoms with Gasteiger partial charge in [0.25, 0.3) is 0 Å². The van der Waals surface area contributed by atoms with Crippen molar-refractivity contribution in [3.05, 3.63) is 58.1 Å². The van der Waals surface area contributed by atoms with Gasteiger partial charge in [0.05, 0.1) is 16.6 Å². The van der Waals surface area contributed by atoms with Crippen LogP contribution in [0.3, 0.4) is 0 Å². The van der Waals surface area contributed by atoms with E-state index in [0.29, 0.717) is 43.7 Å². The molecule has 0 bridgehead atoms. The Kier molecular flexibility index (Phi) is 9.19. The molecule has 0 aromatic heterocycles. The Balaban J connectivity index is 1.39. The maximum absolute atomic E-state index is 13.1. The SMILES string of the molecule is O=C(Nc1ccc(S(=O)(=O)N2CCCCCC2)cc1)[C@H]1CCCN(S(=O)(=O)Cc2c(Cl)cccc2Cl)C1. The molecule has 0 saturated carbocycles.